The summed E-state index contributed by atoms with van der Waals surface area (Å²) >= 11 is 0. The first-order valence-corrected chi connectivity index (χ1v) is 8.34. The zero-order chi connectivity index (χ0) is 19.4. The van der Waals surface area contributed by atoms with Crippen LogP contribution in [-0.4, -0.2) is 18.8 Å². The summed E-state index contributed by atoms with van der Waals surface area (Å²) in [6.07, 6.45) is -6.56. The first-order valence-electron chi connectivity index (χ1n) is 6.86. The molecule has 0 saturated heterocycles. The summed E-state index contributed by atoms with van der Waals surface area (Å²) < 4.78 is 109. The van der Waals surface area contributed by atoms with Gasteiger partial charge in [0.05, 0.1) is 10.5 Å². The highest BCUT2D eigenvalue weighted by molar-refractivity contribution is 7.92. The molecular formula is C15H8F6O4S. The number of hydrogen-bond donors (Lipinski definition) is 1. The summed E-state index contributed by atoms with van der Waals surface area (Å²) in [5.74, 6) is -3.56. The highest BCUT2D eigenvalue weighted by Crippen LogP contribution is 2.53. The molecule has 140 valence electrons. The molecule has 0 fully saturated rings. The van der Waals surface area contributed by atoms with Crippen LogP contribution in [0.25, 0.3) is 0 Å². The smallest absolute Gasteiger partial charge is 0.379 e. The van der Waals surface area contributed by atoms with Gasteiger partial charge in [-0.1, -0.05) is 0 Å². The third-order valence-electron chi connectivity index (χ3n) is 3.73. The summed E-state index contributed by atoms with van der Waals surface area (Å²) in [5.41, 5.74) is -2.51. The van der Waals surface area contributed by atoms with Gasteiger partial charge in [-0.3, -0.25) is 0 Å². The van der Waals surface area contributed by atoms with E-state index in [0.717, 1.165) is 0 Å². The lowest BCUT2D eigenvalue weighted by Crippen LogP contribution is -2.28. The van der Waals surface area contributed by atoms with Crippen LogP contribution in [0, 0.1) is 11.6 Å². The largest absolute Gasteiger partial charge is 0.457 e. The lowest BCUT2D eigenvalue weighted by Gasteiger charge is -2.16. The molecule has 11 heteroatoms. The number of sulfone groups is 1. The Labute approximate surface area is 142 Å². The van der Waals surface area contributed by atoms with E-state index in [9.17, 15) is 39.9 Å². The first-order chi connectivity index (χ1) is 12.0. The third-order valence-corrected chi connectivity index (χ3v) is 5.60. The van der Waals surface area contributed by atoms with E-state index in [1.54, 1.807) is 0 Å². The van der Waals surface area contributed by atoms with Gasteiger partial charge >= 0.3 is 5.25 Å². The zero-order valence-electron chi connectivity index (χ0n) is 12.4. The number of halogens is 6. The molecule has 0 spiro atoms. The molecule has 2 aromatic rings. The summed E-state index contributed by atoms with van der Waals surface area (Å²) in [6.45, 7) is 0. The normalized spacial score (nSPS) is 20.2. The van der Waals surface area contributed by atoms with Crippen molar-refractivity contribution in [2.24, 2.45) is 0 Å². The fourth-order valence-electron chi connectivity index (χ4n) is 2.60. The van der Waals surface area contributed by atoms with E-state index >= 15 is 0 Å². The molecule has 0 aliphatic carbocycles. The minimum absolute atomic E-state index is 0.487. The second-order valence-corrected chi connectivity index (χ2v) is 7.36. The second kappa shape index (κ2) is 5.88. The van der Waals surface area contributed by atoms with Crippen molar-refractivity contribution in [3.63, 3.8) is 0 Å². The van der Waals surface area contributed by atoms with Gasteiger partial charge in [-0.05, 0) is 12.1 Å². The number of fused-ring (bicyclic) bond motifs is 1. The van der Waals surface area contributed by atoms with Crippen molar-refractivity contribution < 1.29 is 44.6 Å². The van der Waals surface area contributed by atoms with Crippen LogP contribution in [0.3, 0.4) is 0 Å². The molecule has 1 N–H and O–H groups in total. The fraction of sp³-hybridized carbons (Fsp3) is 0.200. The van der Waals surface area contributed by atoms with E-state index in [-0.39, 0.29) is 0 Å². The topological polar surface area (TPSA) is 63.6 Å². The number of rotatable bonds is 3. The van der Waals surface area contributed by atoms with Crippen molar-refractivity contribution in [1.82, 2.24) is 0 Å². The molecular weight excluding hydrogens is 390 g/mol. The quantitative estimate of drug-likeness (QED) is 0.791. The van der Waals surface area contributed by atoms with Gasteiger partial charge in [0.25, 0.3) is 6.43 Å². The molecule has 26 heavy (non-hydrogen) atoms. The van der Waals surface area contributed by atoms with E-state index in [1.165, 1.54) is 0 Å². The Hall–Kier alpha value is -2.27. The van der Waals surface area contributed by atoms with Crippen LogP contribution in [0.15, 0.2) is 35.2 Å². The Morgan fingerprint density at radius 2 is 1.65 bits per heavy atom. The number of benzene rings is 2. The van der Waals surface area contributed by atoms with E-state index in [4.69, 9.17) is 4.74 Å². The molecule has 0 bridgehead atoms. The van der Waals surface area contributed by atoms with E-state index in [2.05, 4.69) is 0 Å². The summed E-state index contributed by atoms with van der Waals surface area (Å²) in [4.78, 5) is -1.16. The van der Waals surface area contributed by atoms with Crippen LogP contribution < -0.4 is 4.74 Å². The lowest BCUT2D eigenvalue weighted by molar-refractivity contribution is -0.0391. The minimum atomic E-state index is -5.38. The van der Waals surface area contributed by atoms with Crippen molar-refractivity contribution in [2.75, 3.05) is 0 Å². The Bertz CT molecular complexity index is 970. The number of hydrogen-bond acceptors (Lipinski definition) is 4. The van der Waals surface area contributed by atoms with Crippen LogP contribution >= 0.6 is 0 Å². The van der Waals surface area contributed by atoms with Crippen molar-refractivity contribution in [2.45, 2.75) is 22.7 Å². The molecule has 0 saturated carbocycles. The average Bonchev–Trinajstić information content (AvgIpc) is 2.64. The van der Waals surface area contributed by atoms with Crippen LogP contribution in [0.4, 0.5) is 26.3 Å². The molecule has 0 amide bonds. The van der Waals surface area contributed by atoms with Crippen LogP contribution in [-0.2, 0) is 9.84 Å². The predicted octanol–water partition coefficient (Wildman–Crippen LogP) is 4.11. The van der Waals surface area contributed by atoms with Crippen LogP contribution in [0.2, 0.25) is 0 Å². The first kappa shape index (κ1) is 18.5. The number of aliphatic hydroxyl groups excluding tert-OH is 1. The zero-order valence-corrected chi connectivity index (χ0v) is 13.2. The molecule has 1 atom stereocenters. The highest BCUT2D eigenvalue weighted by Gasteiger charge is 2.61. The van der Waals surface area contributed by atoms with Crippen molar-refractivity contribution in [3.8, 4) is 11.5 Å². The van der Waals surface area contributed by atoms with Gasteiger partial charge in [0.15, 0.2) is 6.10 Å². The van der Waals surface area contributed by atoms with Gasteiger partial charge in [-0.2, -0.15) is 8.78 Å². The van der Waals surface area contributed by atoms with Gasteiger partial charge < -0.3 is 9.84 Å². The third kappa shape index (κ3) is 2.62. The summed E-state index contributed by atoms with van der Waals surface area (Å²) in [5, 5.41) is 4.91. The highest BCUT2D eigenvalue weighted by atomic mass is 32.2. The maximum Gasteiger partial charge on any atom is 0.379 e. The Balaban J connectivity index is 2.20. The minimum Gasteiger partial charge on any atom is -0.457 e. The Morgan fingerprint density at radius 3 is 2.19 bits per heavy atom. The predicted molar refractivity (Wildman–Crippen MR) is 74.9 cm³/mol. The number of aliphatic hydroxyl groups is 1. The lowest BCUT2D eigenvalue weighted by atomic mass is 10.0. The Morgan fingerprint density at radius 1 is 1.08 bits per heavy atom. The molecule has 2 aromatic carbocycles. The SMILES string of the molecule is O=S1(=O)c2ccc(Oc3cc(F)cc(F)c3)c(C(F)F)c2C(O)C1(F)F. The number of alkyl halides is 4. The molecule has 1 aliphatic rings. The van der Waals surface area contributed by atoms with E-state index in [0.29, 0.717) is 30.3 Å². The van der Waals surface area contributed by atoms with Crippen LogP contribution in [0.1, 0.15) is 23.7 Å². The maximum atomic E-state index is 13.8. The molecule has 0 radical (unpaired) electrons. The molecule has 4 nitrogen and oxygen atoms in total. The number of ether oxygens (including phenoxy) is 1. The van der Waals surface area contributed by atoms with Gasteiger partial charge in [-0.25, -0.2) is 26.0 Å². The Kier molecular flexibility index (Phi) is 4.19. The van der Waals surface area contributed by atoms with E-state index < -0.39 is 66.8 Å². The molecule has 1 aliphatic heterocycles. The maximum absolute atomic E-state index is 13.8. The van der Waals surface area contributed by atoms with E-state index in [1.807, 2.05) is 0 Å². The average molecular weight is 398 g/mol. The summed E-state index contributed by atoms with van der Waals surface area (Å²) in [7, 11) is -5.38. The second-order valence-electron chi connectivity index (χ2n) is 5.36. The monoisotopic (exact) mass is 398 g/mol. The molecule has 3 rings (SSSR count). The van der Waals surface area contributed by atoms with Crippen molar-refractivity contribution in [3.05, 3.63) is 53.1 Å². The fourth-order valence-corrected chi connectivity index (χ4v) is 4.07. The van der Waals surface area contributed by atoms with Gasteiger partial charge in [0.2, 0.25) is 9.84 Å². The van der Waals surface area contributed by atoms with Gasteiger partial charge in [-0.15, -0.1) is 0 Å². The van der Waals surface area contributed by atoms with Crippen molar-refractivity contribution >= 4 is 9.84 Å². The molecule has 0 aromatic heterocycles. The van der Waals surface area contributed by atoms with Crippen LogP contribution in [0.5, 0.6) is 11.5 Å². The molecule has 1 heterocycles. The summed E-state index contributed by atoms with van der Waals surface area (Å²) in [6, 6.07) is 2.99. The van der Waals surface area contributed by atoms with Gasteiger partial charge in [0.1, 0.15) is 23.1 Å². The van der Waals surface area contributed by atoms with Crippen molar-refractivity contribution in [1.29, 1.82) is 0 Å². The standard InChI is InChI=1S/C15H8F6O4S/c16-6-3-7(17)5-8(4-6)25-9-1-2-10-12(11(9)14(18)19)13(22)15(20,21)26(10,23)24/h1-5,13-14,22H. The van der Waals surface area contributed by atoms with Gasteiger partial charge in [0, 0.05) is 23.8 Å². The molecule has 1 unspecified atom stereocenters.